The molecule has 0 aromatic heterocycles. The first kappa shape index (κ1) is 119. The van der Waals surface area contributed by atoms with Gasteiger partial charge in [0.1, 0.15) is 0 Å². The maximum atomic E-state index is 12.0. The summed E-state index contributed by atoms with van der Waals surface area (Å²) < 4.78 is 0. The van der Waals surface area contributed by atoms with Crippen molar-refractivity contribution in [2.24, 2.45) is 102 Å². The van der Waals surface area contributed by atoms with Gasteiger partial charge >= 0.3 is 0 Å². The van der Waals surface area contributed by atoms with E-state index in [2.05, 4.69) is 244 Å². The fraction of sp³-hybridized carbons (Fsp3) is 0.925. The Morgan fingerprint density at radius 2 is 0.636 bits per heavy atom. The lowest BCUT2D eigenvalue weighted by Crippen LogP contribution is -2.58. The second kappa shape index (κ2) is 52.1. The van der Waals surface area contributed by atoms with Gasteiger partial charge in [0.15, 0.2) is 0 Å². The molecule has 1 saturated carbocycles. The summed E-state index contributed by atoms with van der Waals surface area (Å²) in [4.78, 5) is 126. The first-order chi connectivity index (χ1) is 58.9. The molecule has 1 atom stereocenters. The third-order valence-corrected chi connectivity index (χ3v) is 30.2. The summed E-state index contributed by atoms with van der Waals surface area (Å²) in [6.07, 6.45) is 11.2. The van der Waals surface area contributed by atoms with E-state index in [0.717, 1.165) is 188 Å². The lowest BCUT2D eigenvalue weighted by molar-refractivity contribution is -0.145. The van der Waals surface area contributed by atoms with Crippen LogP contribution in [0.1, 0.15) is 292 Å². The average molecular weight is 1820 g/mol. The molecule has 10 fully saturated rings. The van der Waals surface area contributed by atoms with Crippen molar-refractivity contribution in [2.45, 2.75) is 310 Å². The molecule has 754 valence electrons. The topological polar surface area (TPSA) is 185 Å². The largest absolute Gasteiger partial charge is 0.342 e. The molecular formula is C106H207N15O8. The zero-order valence-electron chi connectivity index (χ0n) is 91.6. The van der Waals surface area contributed by atoms with E-state index >= 15 is 0 Å². The van der Waals surface area contributed by atoms with Gasteiger partial charge in [-0.3, -0.25) is 58.0 Å². The van der Waals surface area contributed by atoms with Gasteiger partial charge in [-0.15, -0.1) is 0 Å². The Balaban J connectivity index is 0.000000381. The first-order valence-electron chi connectivity index (χ1n) is 51.0. The summed E-state index contributed by atoms with van der Waals surface area (Å²) in [5.74, 6) is 9.57. The molecule has 23 heteroatoms. The molecule has 129 heavy (non-hydrogen) atoms. The highest BCUT2D eigenvalue weighted by Crippen LogP contribution is 2.41. The molecule has 23 nitrogen and oxygen atoms in total. The number of likely N-dealkylation sites (N-methyl/N-ethyl adjacent to an activating group) is 3. The van der Waals surface area contributed by atoms with Crippen molar-refractivity contribution >= 4 is 47.3 Å². The van der Waals surface area contributed by atoms with E-state index in [1.165, 1.54) is 32.2 Å². The fourth-order valence-electron chi connectivity index (χ4n) is 16.0. The van der Waals surface area contributed by atoms with Crippen molar-refractivity contribution in [3.8, 4) is 0 Å². The Kier molecular flexibility index (Phi) is 48.0. The molecular weight excluding hydrogens is 1610 g/mol. The number of carbonyl (C=O) groups is 8. The molecule has 0 radical (unpaired) electrons. The van der Waals surface area contributed by atoms with Crippen LogP contribution in [0.3, 0.4) is 0 Å². The molecule has 9 aliphatic heterocycles. The van der Waals surface area contributed by atoms with Crippen LogP contribution in [0.15, 0.2) is 0 Å². The third-order valence-electron chi connectivity index (χ3n) is 30.2. The Morgan fingerprint density at radius 1 is 0.333 bits per heavy atom. The highest BCUT2D eigenvalue weighted by Gasteiger charge is 2.45. The monoisotopic (exact) mass is 1820 g/mol. The molecule has 0 bridgehead atoms. The van der Waals surface area contributed by atoms with Crippen molar-refractivity contribution in [3.63, 3.8) is 0 Å². The number of carbonyl (C=O) groups excluding carboxylic acids is 8. The van der Waals surface area contributed by atoms with E-state index in [1.807, 2.05) is 107 Å². The summed E-state index contributed by atoms with van der Waals surface area (Å²) in [6.45, 7) is 95.8. The molecule has 10 rings (SSSR count). The zero-order chi connectivity index (χ0) is 98.9. The molecule has 8 amide bonds. The standard InChI is InChI=1S/C16H30N2O.C14H28N2O.C13H24N2O.2C13H26N2O.C13H25NO.2C12H24N2O/c1-16(2,3)14-11-18(12-14)15(19)6-5-9-17(4)10-13-7-8-13;1-6-15(5)9-7-8-13(17)16-10-12(11-16)14(2,3)4;1-13(2,3)11-8-15(9-11)12(16)10-14-6-4-5-7-14;1-10(2)14(6)12(16)9-15-7-11(8-15)13(3,4)5;1-10(2)14(6)9-12(16)15-7-11(8-15)13(3,4)5;1-10(2)6-7-12(15)14-8-11(9-14)13(3,4)5;1-9(13(5)6)11(15)14-7-10(8-14)12(2,3)4;1-12(2,3)10-8-14(9-10)11(15)6-7-13(4)5/h13-14H,5-12H2,1-4H3;12H,6-11H2,1-5H3;11H,4-10H2,1-3H3;2*10-11H,7-9H2,1-6H3;10-11H,6-9H2,1-5H3;9-10H,7-8H2,1-6H3;10H,6-9H2,1-5H3/t;;;;;;9-;/m......1./s1. The highest BCUT2D eigenvalue weighted by atomic mass is 16.2. The van der Waals surface area contributed by atoms with Gasteiger partial charge in [0.25, 0.3) is 0 Å². The van der Waals surface area contributed by atoms with Crippen LogP contribution in [0.2, 0.25) is 0 Å². The minimum atomic E-state index is 0.00548. The Hall–Kier alpha value is -4.52. The number of rotatable bonds is 27. The molecule has 9 heterocycles. The van der Waals surface area contributed by atoms with Gasteiger partial charge in [-0.05, 0) is 264 Å². The summed E-state index contributed by atoms with van der Waals surface area (Å²) in [5, 5.41) is 0. The Morgan fingerprint density at radius 3 is 0.930 bits per heavy atom. The minimum Gasteiger partial charge on any atom is -0.342 e. The highest BCUT2D eigenvalue weighted by molar-refractivity contribution is 5.83. The predicted octanol–water partition coefficient (Wildman–Crippen LogP) is 15.9. The average Bonchev–Trinajstić information content (AvgIpc) is 1.14. The maximum absolute atomic E-state index is 12.0. The van der Waals surface area contributed by atoms with Gasteiger partial charge in [-0.2, -0.15) is 0 Å². The van der Waals surface area contributed by atoms with Crippen molar-refractivity contribution in [1.29, 1.82) is 0 Å². The molecule has 0 spiro atoms. The van der Waals surface area contributed by atoms with Crippen LogP contribution >= 0.6 is 0 Å². The number of amides is 8. The number of hydrogen-bond acceptors (Lipinski definition) is 15. The quantitative estimate of drug-likeness (QED) is 0.0756. The van der Waals surface area contributed by atoms with Crippen molar-refractivity contribution < 1.29 is 38.4 Å². The smallest absolute Gasteiger partial charge is 0.239 e. The van der Waals surface area contributed by atoms with Crippen molar-refractivity contribution in [3.05, 3.63) is 0 Å². The van der Waals surface area contributed by atoms with Gasteiger partial charge in [0.2, 0.25) is 47.3 Å². The predicted molar refractivity (Wildman–Crippen MR) is 540 cm³/mol. The van der Waals surface area contributed by atoms with E-state index in [-0.39, 0.29) is 23.8 Å². The Bertz CT molecular complexity index is 3210. The zero-order valence-corrected chi connectivity index (χ0v) is 91.6. The third kappa shape index (κ3) is 43.2. The van der Waals surface area contributed by atoms with E-state index in [9.17, 15) is 38.4 Å². The molecule has 0 N–H and O–H groups in total. The van der Waals surface area contributed by atoms with Gasteiger partial charge in [-0.1, -0.05) is 187 Å². The van der Waals surface area contributed by atoms with Crippen LogP contribution < -0.4 is 0 Å². The van der Waals surface area contributed by atoms with Gasteiger partial charge in [-0.25, -0.2) is 0 Å². The lowest BCUT2D eigenvalue weighted by Gasteiger charge is -2.47. The maximum Gasteiger partial charge on any atom is 0.239 e. The minimum absolute atomic E-state index is 0.00548. The van der Waals surface area contributed by atoms with E-state index in [4.69, 9.17) is 0 Å². The molecule has 0 aromatic carbocycles. The normalized spacial score (nSPS) is 19.4. The lowest BCUT2D eigenvalue weighted by atomic mass is 9.76. The van der Waals surface area contributed by atoms with Gasteiger partial charge < -0.3 is 53.9 Å². The van der Waals surface area contributed by atoms with E-state index in [0.29, 0.717) is 165 Å². The van der Waals surface area contributed by atoms with Crippen LogP contribution in [0.4, 0.5) is 0 Å². The van der Waals surface area contributed by atoms with Crippen LogP contribution in [0.25, 0.3) is 0 Å². The van der Waals surface area contributed by atoms with Crippen LogP contribution in [-0.4, -0.2) is 365 Å². The molecule has 0 aromatic rings. The van der Waals surface area contributed by atoms with Crippen molar-refractivity contribution in [2.75, 3.05) is 227 Å². The summed E-state index contributed by atoms with van der Waals surface area (Å²) >= 11 is 0. The summed E-state index contributed by atoms with van der Waals surface area (Å²) in [5.41, 5.74) is 2.79. The number of nitrogens with zero attached hydrogens (tertiary/aromatic N) is 15. The Labute approximate surface area is 794 Å². The molecule has 1 aliphatic carbocycles. The second-order valence-corrected chi connectivity index (χ2v) is 51.3. The number of likely N-dealkylation sites (tertiary alicyclic amines) is 9. The van der Waals surface area contributed by atoms with Crippen molar-refractivity contribution in [1.82, 2.24) is 73.5 Å². The fourth-order valence-corrected chi connectivity index (χ4v) is 16.0. The molecule has 10 aliphatic rings. The van der Waals surface area contributed by atoms with Crippen LogP contribution in [0.5, 0.6) is 0 Å². The molecule has 9 saturated heterocycles. The van der Waals surface area contributed by atoms with E-state index < -0.39 is 0 Å². The SMILES string of the molecule is CC(C)(C)C1CN(C(=O)CN2CCCC2)C1.CC(C)CCC(=O)N1CC(C(C)(C)C)C1.CC(C)N(C)C(=O)CN1CC(C(C)(C)C)C1.CC(C)N(C)CC(=O)N1CC(C(C)(C)C)C1.CCN(C)CCCC(=O)N1CC(C(C)(C)C)C1.CN(C)CCC(=O)N1CC(C(C)(C)C)C1.CN(CCCC(=O)N1CC(C(C)(C)C)C1)CC1CC1.C[C@H](C(=O)N1CC(C(C)(C)C)C1)N(C)C. The van der Waals surface area contributed by atoms with Crippen LogP contribution in [-0.2, 0) is 38.4 Å². The first-order valence-corrected chi connectivity index (χ1v) is 51.0. The second-order valence-electron chi connectivity index (χ2n) is 51.3. The van der Waals surface area contributed by atoms with Gasteiger partial charge in [0.05, 0.1) is 25.7 Å². The summed E-state index contributed by atoms with van der Waals surface area (Å²) in [6, 6.07) is 0.738. The number of hydrogen-bond donors (Lipinski definition) is 0. The van der Waals surface area contributed by atoms with E-state index in [1.54, 1.807) is 0 Å². The summed E-state index contributed by atoms with van der Waals surface area (Å²) in [7, 11) is 16.1. The van der Waals surface area contributed by atoms with Gasteiger partial charge in [0, 0.05) is 163 Å². The molecule has 0 unspecified atom stereocenters. The van der Waals surface area contributed by atoms with Crippen LogP contribution in [0, 0.1) is 102 Å².